The molecule has 0 aromatic heterocycles. The minimum atomic E-state index is 0.525. The molecular weight excluding hydrogens is 168 g/mol. The Morgan fingerprint density at radius 3 is 1.93 bits per heavy atom. The first-order valence-electron chi connectivity index (χ1n) is 5.26. The van der Waals surface area contributed by atoms with Crippen LogP contribution < -0.4 is 0 Å². The van der Waals surface area contributed by atoms with Crippen LogP contribution in [0.5, 0.6) is 0 Å². The van der Waals surface area contributed by atoms with Crippen molar-refractivity contribution in [3.05, 3.63) is 45.6 Å². The van der Waals surface area contributed by atoms with E-state index < -0.39 is 0 Å². The molecule has 0 amide bonds. The van der Waals surface area contributed by atoms with E-state index in [1.165, 1.54) is 39.0 Å². The molecule has 2 aliphatic carbocycles. The van der Waals surface area contributed by atoms with Gasteiger partial charge >= 0.3 is 0 Å². The van der Waals surface area contributed by atoms with Crippen molar-refractivity contribution in [2.45, 2.75) is 34.6 Å². The van der Waals surface area contributed by atoms with E-state index in [0.717, 1.165) is 0 Å². The predicted octanol–water partition coefficient (Wildman–Crippen LogP) is 4.18. The molecule has 2 rings (SSSR count). The molecule has 0 saturated carbocycles. The van der Waals surface area contributed by atoms with Crippen molar-refractivity contribution in [3.8, 4) is 0 Å². The second kappa shape index (κ2) is 2.73. The third-order valence-electron chi connectivity index (χ3n) is 3.99. The minimum Gasteiger partial charge on any atom is -0.0949 e. The van der Waals surface area contributed by atoms with Gasteiger partial charge in [-0.25, -0.2) is 0 Å². The normalized spacial score (nSPS) is 26.9. The monoisotopic (exact) mass is 186 g/mol. The van der Waals surface area contributed by atoms with E-state index in [2.05, 4.69) is 41.2 Å². The van der Waals surface area contributed by atoms with E-state index >= 15 is 0 Å². The summed E-state index contributed by atoms with van der Waals surface area (Å²) in [5, 5.41) is 0. The molecule has 0 aromatic carbocycles. The topological polar surface area (TPSA) is 0 Å². The summed E-state index contributed by atoms with van der Waals surface area (Å²) >= 11 is 0. The fraction of sp³-hybridized carbons (Fsp3) is 0.429. The van der Waals surface area contributed by atoms with E-state index in [1.807, 2.05) is 0 Å². The fourth-order valence-corrected chi connectivity index (χ4v) is 2.74. The van der Waals surface area contributed by atoms with Gasteiger partial charge in [0.25, 0.3) is 0 Å². The molecule has 0 aliphatic heterocycles. The van der Waals surface area contributed by atoms with Crippen molar-refractivity contribution < 1.29 is 0 Å². The highest BCUT2D eigenvalue weighted by atomic mass is 14.4. The van der Waals surface area contributed by atoms with Gasteiger partial charge in [-0.1, -0.05) is 13.5 Å². The molecule has 0 bridgehead atoms. The summed E-state index contributed by atoms with van der Waals surface area (Å²) < 4.78 is 0. The summed E-state index contributed by atoms with van der Waals surface area (Å²) in [6, 6.07) is 0. The first-order chi connectivity index (χ1) is 6.46. The zero-order chi connectivity index (χ0) is 10.6. The molecule has 0 aromatic rings. The van der Waals surface area contributed by atoms with Crippen LogP contribution in [-0.4, -0.2) is 0 Å². The van der Waals surface area contributed by atoms with Crippen LogP contribution in [-0.2, 0) is 0 Å². The average molecular weight is 186 g/mol. The van der Waals surface area contributed by atoms with Gasteiger partial charge in [0.05, 0.1) is 0 Å². The van der Waals surface area contributed by atoms with Crippen LogP contribution in [0, 0.1) is 5.92 Å². The van der Waals surface area contributed by atoms with Crippen molar-refractivity contribution in [1.29, 1.82) is 0 Å². The van der Waals surface area contributed by atoms with Gasteiger partial charge in [-0.15, -0.1) is 0 Å². The summed E-state index contributed by atoms with van der Waals surface area (Å²) in [4.78, 5) is 0. The summed E-state index contributed by atoms with van der Waals surface area (Å²) in [6.45, 7) is 15.3. The van der Waals surface area contributed by atoms with E-state index in [1.54, 1.807) is 0 Å². The molecule has 0 fully saturated rings. The van der Waals surface area contributed by atoms with Gasteiger partial charge in [0.2, 0.25) is 0 Å². The van der Waals surface area contributed by atoms with Gasteiger partial charge in [-0.05, 0) is 66.7 Å². The zero-order valence-corrected chi connectivity index (χ0v) is 9.78. The van der Waals surface area contributed by atoms with Gasteiger partial charge in [0, 0.05) is 5.92 Å². The highest BCUT2D eigenvalue weighted by Crippen LogP contribution is 2.50. The van der Waals surface area contributed by atoms with E-state index in [0.29, 0.717) is 5.92 Å². The molecule has 14 heavy (non-hydrogen) atoms. The molecule has 0 saturated heterocycles. The van der Waals surface area contributed by atoms with Gasteiger partial charge in [-0.2, -0.15) is 0 Å². The molecular formula is C14H18. The fourth-order valence-electron chi connectivity index (χ4n) is 2.74. The van der Waals surface area contributed by atoms with Crippen LogP contribution in [0.4, 0.5) is 0 Å². The SMILES string of the molecule is C=C1C(C)=C2C(C)=C(C)C(C)=C2C1C. The summed E-state index contributed by atoms with van der Waals surface area (Å²) in [5.74, 6) is 0.525. The van der Waals surface area contributed by atoms with E-state index in [4.69, 9.17) is 0 Å². The second-order valence-corrected chi connectivity index (χ2v) is 4.54. The van der Waals surface area contributed by atoms with Gasteiger partial charge in [-0.3, -0.25) is 0 Å². The van der Waals surface area contributed by atoms with Crippen LogP contribution in [0.1, 0.15) is 34.6 Å². The lowest BCUT2D eigenvalue weighted by Gasteiger charge is -2.09. The lowest BCUT2D eigenvalue weighted by atomic mass is 9.95. The number of rotatable bonds is 0. The zero-order valence-electron chi connectivity index (χ0n) is 9.78. The van der Waals surface area contributed by atoms with Crippen molar-refractivity contribution >= 4 is 0 Å². The van der Waals surface area contributed by atoms with Crippen molar-refractivity contribution in [2.24, 2.45) is 5.92 Å². The number of fused-ring (bicyclic) bond motifs is 1. The Morgan fingerprint density at radius 1 is 0.857 bits per heavy atom. The molecule has 0 heterocycles. The van der Waals surface area contributed by atoms with Crippen molar-refractivity contribution in [1.82, 2.24) is 0 Å². The Kier molecular flexibility index (Phi) is 1.85. The average Bonchev–Trinajstić information content (AvgIpc) is 2.51. The lowest BCUT2D eigenvalue weighted by molar-refractivity contribution is 0.858. The Morgan fingerprint density at radius 2 is 1.43 bits per heavy atom. The molecule has 0 spiro atoms. The Bertz CT molecular complexity index is 425. The number of hydrogen-bond acceptors (Lipinski definition) is 0. The Balaban J connectivity index is 2.73. The molecule has 0 heteroatoms. The van der Waals surface area contributed by atoms with Crippen LogP contribution in [0.3, 0.4) is 0 Å². The van der Waals surface area contributed by atoms with Crippen molar-refractivity contribution in [3.63, 3.8) is 0 Å². The first kappa shape index (κ1) is 9.51. The quantitative estimate of drug-likeness (QED) is 0.532. The highest BCUT2D eigenvalue weighted by Gasteiger charge is 2.34. The second-order valence-electron chi connectivity index (χ2n) is 4.54. The predicted molar refractivity (Wildman–Crippen MR) is 62.1 cm³/mol. The smallest absolute Gasteiger partial charge is 0.00668 e. The van der Waals surface area contributed by atoms with E-state index in [-0.39, 0.29) is 0 Å². The van der Waals surface area contributed by atoms with Crippen LogP contribution in [0.2, 0.25) is 0 Å². The lowest BCUT2D eigenvalue weighted by Crippen LogP contribution is -1.96. The molecule has 2 aliphatic rings. The maximum atomic E-state index is 4.18. The molecule has 0 nitrogen and oxygen atoms in total. The third kappa shape index (κ3) is 0.890. The van der Waals surface area contributed by atoms with Crippen LogP contribution in [0.15, 0.2) is 45.6 Å². The Labute approximate surface area is 86.7 Å². The molecule has 74 valence electrons. The maximum Gasteiger partial charge on any atom is 0.00668 e. The van der Waals surface area contributed by atoms with Gasteiger partial charge in [0.15, 0.2) is 0 Å². The van der Waals surface area contributed by atoms with Crippen molar-refractivity contribution in [2.75, 3.05) is 0 Å². The van der Waals surface area contributed by atoms with Crippen LogP contribution in [0.25, 0.3) is 0 Å². The van der Waals surface area contributed by atoms with Gasteiger partial charge < -0.3 is 0 Å². The highest BCUT2D eigenvalue weighted by molar-refractivity contribution is 5.72. The summed E-state index contributed by atoms with van der Waals surface area (Å²) in [5.41, 5.74) is 10.1. The first-order valence-corrected chi connectivity index (χ1v) is 5.26. The van der Waals surface area contributed by atoms with Gasteiger partial charge in [0.1, 0.15) is 0 Å². The third-order valence-corrected chi connectivity index (χ3v) is 3.99. The van der Waals surface area contributed by atoms with Crippen LogP contribution >= 0.6 is 0 Å². The number of hydrogen-bond donors (Lipinski definition) is 0. The maximum absolute atomic E-state index is 4.18. The summed E-state index contributed by atoms with van der Waals surface area (Å²) in [7, 11) is 0. The summed E-state index contributed by atoms with van der Waals surface area (Å²) in [6.07, 6.45) is 0. The van der Waals surface area contributed by atoms with E-state index in [9.17, 15) is 0 Å². The number of allylic oxidation sites excluding steroid dienone is 7. The Hall–Kier alpha value is -1.04. The largest absolute Gasteiger partial charge is 0.0949 e. The molecule has 0 N–H and O–H groups in total. The molecule has 1 unspecified atom stereocenters. The molecule has 0 radical (unpaired) electrons. The standard InChI is InChI=1S/C14H18/c1-7-9(3)13-11(5)8(2)12(6)14(13)10(7)4/h9H,1H2,2-6H3. The molecule has 1 atom stereocenters. The minimum absolute atomic E-state index is 0.525.